The number of fused-ring (bicyclic) bond motifs is 20. The van der Waals surface area contributed by atoms with E-state index in [9.17, 15) is 0 Å². The summed E-state index contributed by atoms with van der Waals surface area (Å²) in [6.45, 7) is 18.2. The van der Waals surface area contributed by atoms with Crippen molar-refractivity contribution in [3.8, 4) is 89.5 Å². The summed E-state index contributed by atoms with van der Waals surface area (Å²) >= 11 is 0. The third kappa shape index (κ3) is 9.88. The third-order valence-electron chi connectivity index (χ3n) is 23.3. The second kappa shape index (κ2) is 23.6. The van der Waals surface area contributed by atoms with Crippen molar-refractivity contribution in [3.05, 3.63) is 342 Å². The number of pyridine rings is 3. The molecule has 0 radical (unpaired) electrons. The Morgan fingerprint density at radius 3 is 1.37 bits per heavy atom. The lowest BCUT2D eigenvalue weighted by atomic mass is 9.81. The highest BCUT2D eigenvalue weighted by molar-refractivity contribution is 6.11. The zero-order valence-electron chi connectivity index (χ0n) is 60.4. The van der Waals surface area contributed by atoms with Crippen LogP contribution in [0.3, 0.4) is 0 Å². The van der Waals surface area contributed by atoms with Gasteiger partial charge in [-0.2, -0.15) is 0 Å². The topological polar surface area (TPSA) is 78.1 Å². The molecule has 22 rings (SSSR count). The zero-order chi connectivity index (χ0) is 71.5. The van der Waals surface area contributed by atoms with E-state index in [-0.39, 0.29) is 16.2 Å². The van der Waals surface area contributed by atoms with Crippen molar-refractivity contribution >= 4 is 87.5 Å². The fourth-order valence-corrected chi connectivity index (χ4v) is 17.7. The summed E-state index contributed by atoms with van der Waals surface area (Å²) in [5, 5.41) is 10.7. The molecule has 13 aromatic carbocycles. The number of rotatable bonds is 5. The van der Waals surface area contributed by atoms with Gasteiger partial charge in [0.25, 0.3) is 0 Å². The molecule has 0 aliphatic heterocycles. The van der Waals surface area contributed by atoms with Crippen molar-refractivity contribution in [2.75, 3.05) is 0 Å². The molecule has 0 spiro atoms. The third-order valence-corrected chi connectivity index (χ3v) is 23.3. The van der Waals surface area contributed by atoms with Gasteiger partial charge in [0.1, 0.15) is 33.5 Å². The van der Waals surface area contributed by atoms with Crippen LogP contribution in [0.2, 0.25) is 0 Å². The molecule has 6 nitrogen and oxygen atoms in total. The van der Waals surface area contributed by atoms with Gasteiger partial charge in [0.05, 0.1) is 28.3 Å². The van der Waals surface area contributed by atoms with Crippen LogP contribution in [0.4, 0.5) is 0 Å². The summed E-state index contributed by atoms with van der Waals surface area (Å²) in [4.78, 5) is 14.7. The van der Waals surface area contributed by atoms with Gasteiger partial charge in [0.15, 0.2) is 0 Å². The molecule has 6 heterocycles. The van der Waals surface area contributed by atoms with E-state index in [0.29, 0.717) is 0 Å². The molecule has 106 heavy (non-hydrogen) atoms. The molecule has 19 aromatic rings. The van der Waals surface area contributed by atoms with Gasteiger partial charge in [-0.25, -0.2) is 9.97 Å². The van der Waals surface area contributed by atoms with Crippen molar-refractivity contribution in [1.29, 1.82) is 0 Å². The standard InChI is InChI=1S/C36H25NO.C33H25NO.C31H23NO/c1-36(2)30-19-23(32-14-8-15-33(37-32)26-13-7-10-22-9-3-4-11-24(22)26)17-18-25(30)28-21-35-29(20-31(28)36)27-12-5-6-16-34(27)38-35;1-20-7-6-16-34-32(20)22-12-10-21(11-13-22)23-14-15-25-27-18-29-26(19-31(27)35-30(25)17-23)24-8-4-5-9-28(24)33(29,2)3;1-18-14-19-8-4-7-11-27(19)32-30(18)20-12-13-22-24-16-26-23(17-29(24)33-28(22)15-20)21-9-5-6-10-25(21)31(26,2)3/h3-21H,1-2H3;4-19H,1-3H3;4-17H,1-3H3. The molecule has 506 valence electrons. The molecule has 0 saturated heterocycles. The summed E-state index contributed by atoms with van der Waals surface area (Å²) in [5.74, 6) is 0. The smallest absolute Gasteiger partial charge is 0.136 e. The number of aromatic nitrogens is 3. The van der Waals surface area contributed by atoms with E-state index in [1.165, 1.54) is 127 Å². The maximum atomic E-state index is 6.42. The van der Waals surface area contributed by atoms with Crippen LogP contribution >= 0.6 is 0 Å². The molecular weight excluding hydrogens is 1290 g/mol. The Kier molecular flexibility index (Phi) is 14.0. The van der Waals surface area contributed by atoms with Crippen LogP contribution in [0, 0.1) is 13.8 Å². The maximum Gasteiger partial charge on any atom is 0.136 e. The molecule has 0 bridgehead atoms. The average molecular weight is 1360 g/mol. The van der Waals surface area contributed by atoms with Crippen molar-refractivity contribution in [2.45, 2.75) is 71.6 Å². The minimum absolute atomic E-state index is 0.0165. The lowest BCUT2D eigenvalue weighted by molar-refractivity contribution is 0.657. The van der Waals surface area contributed by atoms with Crippen molar-refractivity contribution in [3.63, 3.8) is 0 Å². The lowest BCUT2D eigenvalue weighted by Crippen LogP contribution is -2.15. The molecule has 6 heteroatoms. The van der Waals surface area contributed by atoms with Gasteiger partial charge in [0.2, 0.25) is 0 Å². The van der Waals surface area contributed by atoms with Crippen LogP contribution in [-0.2, 0) is 16.2 Å². The Morgan fingerprint density at radius 1 is 0.245 bits per heavy atom. The molecular formula is C100H73N3O3. The second-order valence-corrected chi connectivity index (χ2v) is 30.7. The SMILES string of the molecule is CC1(C)c2cc(-c3cccc(-c4cccc5ccccc45)n3)ccc2-c2cc3oc4ccccc4c3cc21.Cc1cc2ccccc2nc1-c1ccc2c(c1)oc1cc3c(cc12)C(C)(C)c1ccccc1-3.Cc1cccnc1-c1ccc(-c2ccc3c(c2)oc2cc4c(cc23)C(C)(C)c2ccccc2-4)cc1. The Balaban J connectivity index is 0.000000106. The first-order chi connectivity index (χ1) is 51.6. The molecule has 0 saturated carbocycles. The van der Waals surface area contributed by atoms with Gasteiger partial charge in [-0.05, 0) is 217 Å². The number of hydrogen-bond acceptors (Lipinski definition) is 6. The Bertz CT molecular complexity index is 6890. The zero-order valence-corrected chi connectivity index (χ0v) is 60.4. The highest BCUT2D eigenvalue weighted by Crippen LogP contribution is 2.55. The molecule has 0 atom stereocenters. The average Bonchev–Trinajstić information content (AvgIpc) is 1.55. The highest BCUT2D eigenvalue weighted by Gasteiger charge is 2.39. The monoisotopic (exact) mass is 1360 g/mol. The van der Waals surface area contributed by atoms with E-state index in [0.717, 1.165) is 95.0 Å². The Hall–Kier alpha value is -12.8. The van der Waals surface area contributed by atoms with E-state index in [2.05, 4.69) is 327 Å². The van der Waals surface area contributed by atoms with Crippen LogP contribution < -0.4 is 0 Å². The van der Waals surface area contributed by atoms with Crippen LogP contribution in [-0.4, -0.2) is 15.0 Å². The second-order valence-electron chi connectivity index (χ2n) is 30.7. The van der Waals surface area contributed by atoms with Crippen LogP contribution in [0.1, 0.15) is 86.1 Å². The van der Waals surface area contributed by atoms with Gasteiger partial charge in [-0.15, -0.1) is 0 Å². The lowest BCUT2D eigenvalue weighted by Gasteiger charge is -2.22. The molecule has 3 aliphatic carbocycles. The minimum atomic E-state index is -0.125. The predicted octanol–water partition coefficient (Wildman–Crippen LogP) is 27.1. The van der Waals surface area contributed by atoms with Gasteiger partial charge >= 0.3 is 0 Å². The van der Waals surface area contributed by atoms with Crippen molar-refractivity contribution in [2.24, 2.45) is 0 Å². The number of aryl methyl sites for hydroxylation is 2. The van der Waals surface area contributed by atoms with Gasteiger partial charge in [0, 0.05) is 82.4 Å². The summed E-state index contributed by atoms with van der Waals surface area (Å²) < 4.78 is 19.1. The molecule has 0 unspecified atom stereocenters. The number of furan rings is 3. The van der Waals surface area contributed by atoms with E-state index in [1.807, 2.05) is 30.5 Å². The number of hydrogen-bond donors (Lipinski definition) is 0. The number of benzene rings is 13. The summed E-state index contributed by atoms with van der Waals surface area (Å²) in [6.07, 6.45) is 1.85. The Morgan fingerprint density at radius 2 is 0.708 bits per heavy atom. The maximum absolute atomic E-state index is 6.42. The fraction of sp³-hybridized carbons (Fsp3) is 0.110. The number of para-hydroxylation sites is 2. The summed E-state index contributed by atoms with van der Waals surface area (Å²) in [5.41, 5.74) is 35.6. The van der Waals surface area contributed by atoms with Crippen molar-refractivity contribution < 1.29 is 13.3 Å². The summed E-state index contributed by atoms with van der Waals surface area (Å²) in [6, 6.07) is 104. The van der Waals surface area contributed by atoms with Gasteiger partial charge in [-0.3, -0.25) is 4.98 Å². The fourth-order valence-electron chi connectivity index (χ4n) is 17.7. The first kappa shape index (κ1) is 63.0. The van der Waals surface area contributed by atoms with Gasteiger partial charge < -0.3 is 13.3 Å². The summed E-state index contributed by atoms with van der Waals surface area (Å²) in [7, 11) is 0. The first-order valence-electron chi connectivity index (χ1n) is 36.8. The van der Waals surface area contributed by atoms with E-state index >= 15 is 0 Å². The largest absolute Gasteiger partial charge is 0.456 e. The van der Waals surface area contributed by atoms with Gasteiger partial charge in [-0.1, -0.05) is 230 Å². The van der Waals surface area contributed by atoms with E-state index in [4.69, 9.17) is 23.2 Å². The quantitative estimate of drug-likeness (QED) is 0.171. The Labute approximate surface area is 615 Å². The normalized spacial score (nSPS) is 13.9. The first-order valence-corrected chi connectivity index (χ1v) is 36.8. The van der Waals surface area contributed by atoms with E-state index < -0.39 is 0 Å². The minimum Gasteiger partial charge on any atom is -0.456 e. The van der Waals surface area contributed by atoms with Crippen LogP contribution in [0.15, 0.2) is 311 Å². The predicted molar refractivity (Wildman–Crippen MR) is 439 cm³/mol. The molecule has 3 aliphatic rings. The molecule has 0 fully saturated rings. The molecule has 0 N–H and O–H groups in total. The molecule has 6 aromatic heterocycles. The van der Waals surface area contributed by atoms with E-state index in [1.54, 1.807) is 0 Å². The highest BCUT2D eigenvalue weighted by atomic mass is 16.3. The van der Waals surface area contributed by atoms with Crippen molar-refractivity contribution in [1.82, 2.24) is 15.0 Å². The van der Waals surface area contributed by atoms with Crippen LogP contribution in [0.5, 0.6) is 0 Å². The number of nitrogens with zero attached hydrogens (tertiary/aromatic N) is 3. The molecule has 0 amide bonds. The van der Waals surface area contributed by atoms with Crippen LogP contribution in [0.25, 0.3) is 177 Å².